The number of aliphatic hydroxyl groups excluding tert-OH is 1. The van der Waals surface area contributed by atoms with Gasteiger partial charge < -0.3 is 9.84 Å². The lowest BCUT2D eigenvalue weighted by Crippen LogP contribution is -2.13. The molecule has 2 aromatic carbocycles. The second-order valence-electron chi connectivity index (χ2n) is 7.64. The lowest BCUT2D eigenvalue weighted by molar-refractivity contribution is 0.278. The zero-order valence-corrected chi connectivity index (χ0v) is 19.3. The third kappa shape index (κ3) is 4.31. The van der Waals surface area contributed by atoms with Gasteiger partial charge in [-0.1, -0.05) is 35.9 Å². The quantitative estimate of drug-likeness (QED) is 0.242. The van der Waals surface area contributed by atoms with Gasteiger partial charge in [-0.15, -0.1) is 11.8 Å². The van der Waals surface area contributed by atoms with E-state index in [-0.39, 0.29) is 12.4 Å². The Balaban J connectivity index is 1.60. The summed E-state index contributed by atoms with van der Waals surface area (Å²) in [4.78, 5) is 13.6. The summed E-state index contributed by atoms with van der Waals surface area (Å²) in [5.41, 5.74) is 4.47. The molecule has 0 atom stereocenters. The zero-order chi connectivity index (χ0) is 22.9. The van der Waals surface area contributed by atoms with Crippen molar-refractivity contribution in [2.75, 3.05) is 0 Å². The van der Waals surface area contributed by atoms with Crippen molar-refractivity contribution in [2.45, 2.75) is 30.7 Å². The first-order chi connectivity index (χ1) is 16.0. The first-order valence-corrected chi connectivity index (χ1v) is 11.7. The maximum atomic E-state index is 14.6. The van der Waals surface area contributed by atoms with Gasteiger partial charge in [-0.05, 0) is 36.8 Å². The first kappa shape index (κ1) is 21.8. The summed E-state index contributed by atoms with van der Waals surface area (Å²) in [5, 5.41) is 11.2. The maximum absolute atomic E-state index is 14.6. The molecule has 1 N–H and O–H groups in total. The Morgan fingerprint density at radius 2 is 1.88 bits per heavy atom. The van der Waals surface area contributed by atoms with Crippen LogP contribution in [-0.4, -0.2) is 20.1 Å². The van der Waals surface area contributed by atoms with Crippen molar-refractivity contribution in [1.82, 2.24) is 15.0 Å². The van der Waals surface area contributed by atoms with Crippen molar-refractivity contribution in [3.63, 3.8) is 0 Å². The molecule has 0 saturated carbocycles. The molecular formula is C25H19ClFN3O2S. The topological polar surface area (TPSA) is 68.1 Å². The number of hydrogen-bond donors (Lipinski definition) is 1. The van der Waals surface area contributed by atoms with E-state index >= 15 is 0 Å². The molecule has 4 aromatic rings. The summed E-state index contributed by atoms with van der Waals surface area (Å²) in [6.07, 6.45) is 2.15. The lowest BCUT2D eigenvalue weighted by atomic mass is 9.99. The molecule has 2 aromatic heterocycles. The number of fused-ring (bicyclic) bond motifs is 2. The molecule has 0 saturated heterocycles. The van der Waals surface area contributed by atoms with Crippen molar-refractivity contribution < 1.29 is 14.2 Å². The van der Waals surface area contributed by atoms with Crippen molar-refractivity contribution in [1.29, 1.82) is 0 Å². The van der Waals surface area contributed by atoms with E-state index in [1.807, 2.05) is 31.2 Å². The van der Waals surface area contributed by atoms with Gasteiger partial charge in [-0.3, -0.25) is 4.98 Å². The van der Waals surface area contributed by atoms with E-state index in [2.05, 4.69) is 9.97 Å². The number of aryl methyl sites for hydroxylation is 1. The number of hydrogen-bond acceptors (Lipinski definition) is 6. The highest BCUT2D eigenvalue weighted by Gasteiger charge is 2.28. The van der Waals surface area contributed by atoms with Crippen LogP contribution in [0.5, 0.6) is 11.6 Å². The maximum Gasteiger partial charge on any atom is 0.227 e. The minimum atomic E-state index is -0.400. The van der Waals surface area contributed by atoms with E-state index in [1.54, 1.807) is 24.4 Å². The van der Waals surface area contributed by atoms with Crippen LogP contribution in [0.4, 0.5) is 4.39 Å². The third-order valence-electron chi connectivity index (χ3n) is 5.46. The Bertz CT molecular complexity index is 1350. The van der Waals surface area contributed by atoms with Crippen LogP contribution in [0.2, 0.25) is 5.02 Å². The number of aliphatic hydroxyl groups is 1. The number of thioether (sulfide) groups is 1. The van der Waals surface area contributed by atoms with Gasteiger partial charge in [-0.2, -0.15) is 4.98 Å². The minimum absolute atomic E-state index is 0.143. The highest BCUT2D eigenvalue weighted by atomic mass is 35.5. The monoisotopic (exact) mass is 479 g/mol. The van der Waals surface area contributed by atoms with Crippen LogP contribution in [0.25, 0.3) is 11.4 Å². The van der Waals surface area contributed by atoms with Gasteiger partial charge in [0.1, 0.15) is 10.8 Å². The molecule has 1 aliphatic heterocycles. The molecule has 0 unspecified atom stereocenters. The summed E-state index contributed by atoms with van der Waals surface area (Å²) >= 11 is 7.54. The normalized spacial score (nSPS) is 12.1. The third-order valence-corrected chi connectivity index (χ3v) is 6.80. The largest absolute Gasteiger partial charge is 0.436 e. The number of halogens is 2. The van der Waals surface area contributed by atoms with Crippen molar-refractivity contribution in [3.8, 4) is 23.0 Å². The SMILES string of the molecule is Cc1ncc(CO)c2c1Oc1nc(-c3ccccc3F)nc(SCc3ccc(Cl)cc3)c1C2. The molecule has 8 heteroatoms. The summed E-state index contributed by atoms with van der Waals surface area (Å²) in [6, 6.07) is 14.0. The van der Waals surface area contributed by atoms with Crippen LogP contribution < -0.4 is 4.74 Å². The van der Waals surface area contributed by atoms with Crippen LogP contribution in [0, 0.1) is 12.7 Å². The van der Waals surface area contributed by atoms with Crippen molar-refractivity contribution in [2.24, 2.45) is 0 Å². The molecule has 166 valence electrons. The lowest BCUT2D eigenvalue weighted by Gasteiger charge is -2.24. The van der Waals surface area contributed by atoms with Crippen LogP contribution in [0.15, 0.2) is 59.8 Å². The molecule has 0 fully saturated rings. The smallest absolute Gasteiger partial charge is 0.227 e. The zero-order valence-electron chi connectivity index (χ0n) is 17.7. The van der Waals surface area contributed by atoms with Crippen molar-refractivity contribution >= 4 is 23.4 Å². The fourth-order valence-corrected chi connectivity index (χ4v) is 4.82. The number of aromatic nitrogens is 3. The average Bonchev–Trinajstić information content (AvgIpc) is 2.83. The summed E-state index contributed by atoms with van der Waals surface area (Å²) in [6.45, 7) is 1.70. The van der Waals surface area contributed by atoms with E-state index in [0.29, 0.717) is 50.7 Å². The Morgan fingerprint density at radius 1 is 1.09 bits per heavy atom. The minimum Gasteiger partial charge on any atom is -0.436 e. The Labute approximate surface area is 199 Å². The predicted octanol–water partition coefficient (Wildman–Crippen LogP) is 6.12. The van der Waals surface area contributed by atoms with Gasteiger partial charge in [0.15, 0.2) is 11.6 Å². The number of pyridine rings is 1. The number of ether oxygens (including phenoxy) is 1. The fraction of sp³-hybridized carbons (Fsp3) is 0.160. The number of nitrogens with zero attached hydrogens (tertiary/aromatic N) is 3. The van der Waals surface area contributed by atoms with Crippen molar-refractivity contribution in [3.05, 3.63) is 93.5 Å². The van der Waals surface area contributed by atoms with Gasteiger partial charge in [0.05, 0.1) is 23.4 Å². The highest BCUT2D eigenvalue weighted by molar-refractivity contribution is 7.98. The number of rotatable bonds is 5. The Morgan fingerprint density at radius 3 is 2.64 bits per heavy atom. The summed E-state index contributed by atoms with van der Waals surface area (Å²) in [7, 11) is 0. The van der Waals surface area contributed by atoms with Crippen LogP contribution in [0.3, 0.4) is 0 Å². The van der Waals surface area contributed by atoms with E-state index < -0.39 is 5.82 Å². The van der Waals surface area contributed by atoms with E-state index in [1.165, 1.54) is 17.8 Å². The average molecular weight is 480 g/mol. The van der Waals surface area contributed by atoms with Gasteiger partial charge in [-0.25, -0.2) is 9.37 Å². The molecule has 5 nitrogen and oxygen atoms in total. The highest BCUT2D eigenvalue weighted by Crippen LogP contribution is 2.43. The molecule has 0 amide bonds. The molecule has 5 rings (SSSR count). The predicted molar refractivity (Wildman–Crippen MR) is 126 cm³/mol. The molecular weight excluding hydrogens is 461 g/mol. The number of benzene rings is 2. The first-order valence-electron chi connectivity index (χ1n) is 10.3. The van der Waals surface area contributed by atoms with Gasteiger partial charge in [0.2, 0.25) is 5.88 Å². The van der Waals surface area contributed by atoms with Crippen LogP contribution in [0.1, 0.15) is 27.9 Å². The molecule has 33 heavy (non-hydrogen) atoms. The summed E-state index contributed by atoms with van der Waals surface area (Å²) < 4.78 is 20.7. The second-order valence-corrected chi connectivity index (χ2v) is 9.05. The fourth-order valence-electron chi connectivity index (χ4n) is 3.71. The standard InChI is InChI=1S/C25H19ClFN3O2S/c1-14-22-19(16(12-31)11-28-14)10-20-24(32-22)29-23(18-4-2-3-5-21(18)27)30-25(20)33-13-15-6-8-17(26)9-7-15/h2-9,11,31H,10,12-13H2,1H3. The second kappa shape index (κ2) is 9.09. The summed E-state index contributed by atoms with van der Waals surface area (Å²) in [5.74, 6) is 1.47. The molecule has 0 radical (unpaired) electrons. The molecule has 0 bridgehead atoms. The molecule has 0 spiro atoms. The van der Waals surface area contributed by atoms with E-state index in [9.17, 15) is 9.50 Å². The molecule has 0 aliphatic carbocycles. The van der Waals surface area contributed by atoms with E-state index in [0.717, 1.165) is 16.7 Å². The Hall–Kier alpha value is -3.00. The van der Waals surface area contributed by atoms with E-state index in [4.69, 9.17) is 21.3 Å². The van der Waals surface area contributed by atoms with Gasteiger partial charge in [0.25, 0.3) is 0 Å². The van der Waals surface area contributed by atoms with Crippen LogP contribution in [-0.2, 0) is 18.8 Å². The van der Waals surface area contributed by atoms with Gasteiger partial charge in [0, 0.05) is 34.5 Å². The van der Waals surface area contributed by atoms with Gasteiger partial charge >= 0.3 is 0 Å². The molecule has 3 heterocycles. The Kier molecular flexibility index (Phi) is 6.01. The van der Waals surface area contributed by atoms with Crippen LogP contribution >= 0.6 is 23.4 Å². The molecule has 1 aliphatic rings.